The maximum atomic E-state index is 13.6. The molecule has 1 atom stereocenters. The molecule has 0 unspecified atom stereocenters. The first-order valence-electron chi connectivity index (χ1n) is 11.9. The number of hydrogen-bond donors (Lipinski definition) is 2. The number of benzene rings is 3. The largest absolute Gasteiger partial charge is 0.489 e. The highest BCUT2D eigenvalue weighted by Gasteiger charge is 2.38. The van der Waals surface area contributed by atoms with Gasteiger partial charge in [0.25, 0.3) is 5.56 Å². The van der Waals surface area contributed by atoms with Gasteiger partial charge in [-0.25, -0.2) is 4.68 Å². The molecule has 1 aliphatic carbocycles. The third-order valence-corrected chi connectivity index (χ3v) is 6.71. The fraction of sp³-hybridized carbons (Fsp3) is 0.172. The number of fused-ring (bicyclic) bond motifs is 1. The summed E-state index contributed by atoms with van der Waals surface area (Å²) < 4.78 is 7.50. The van der Waals surface area contributed by atoms with E-state index in [1.807, 2.05) is 84.9 Å². The molecule has 6 rings (SSSR count). The molecule has 0 fully saturated rings. The SMILES string of the molecule is O=C1CCCC2=C1[C@H](c1ccc(OCc3ccccc3)cc1)c1c([nH]n(-c3ccccc3)c1=O)N2. The topological polar surface area (TPSA) is 76.1 Å². The zero-order chi connectivity index (χ0) is 23.8. The number of nitrogens with zero attached hydrogens (tertiary/aromatic N) is 1. The summed E-state index contributed by atoms with van der Waals surface area (Å²) in [6.07, 6.45) is 2.10. The number of ether oxygens (including phenoxy) is 1. The number of carbonyl (C=O) groups excluding carboxylic acids is 1. The molecule has 1 aromatic heterocycles. The van der Waals surface area contributed by atoms with E-state index in [2.05, 4.69) is 10.4 Å². The Hall–Kier alpha value is -4.32. The normalized spacial score (nSPS) is 16.9. The summed E-state index contributed by atoms with van der Waals surface area (Å²) in [7, 11) is 0. The number of ketones is 1. The van der Waals surface area contributed by atoms with Crippen molar-refractivity contribution in [3.8, 4) is 11.4 Å². The van der Waals surface area contributed by atoms with E-state index < -0.39 is 5.92 Å². The zero-order valence-electron chi connectivity index (χ0n) is 19.2. The van der Waals surface area contributed by atoms with Crippen molar-refractivity contribution in [2.24, 2.45) is 0 Å². The van der Waals surface area contributed by atoms with Crippen LogP contribution in [0.2, 0.25) is 0 Å². The molecule has 0 saturated carbocycles. The Kier molecular flexibility index (Phi) is 5.34. The van der Waals surface area contributed by atoms with Crippen LogP contribution >= 0.6 is 0 Å². The Morgan fingerprint density at radius 2 is 1.57 bits per heavy atom. The molecule has 0 radical (unpaired) electrons. The van der Waals surface area contributed by atoms with Crippen molar-refractivity contribution >= 4 is 11.6 Å². The van der Waals surface area contributed by atoms with Gasteiger partial charge < -0.3 is 10.1 Å². The van der Waals surface area contributed by atoms with Gasteiger partial charge in [-0.2, -0.15) is 0 Å². The molecule has 0 bridgehead atoms. The van der Waals surface area contributed by atoms with Crippen molar-refractivity contribution in [3.63, 3.8) is 0 Å². The van der Waals surface area contributed by atoms with Gasteiger partial charge in [-0.15, -0.1) is 0 Å². The van der Waals surface area contributed by atoms with Gasteiger partial charge >= 0.3 is 0 Å². The molecule has 1 aliphatic heterocycles. The highest BCUT2D eigenvalue weighted by atomic mass is 16.5. The summed E-state index contributed by atoms with van der Waals surface area (Å²) >= 11 is 0. The Balaban J connectivity index is 1.39. The summed E-state index contributed by atoms with van der Waals surface area (Å²) in [6.45, 7) is 0.477. The summed E-state index contributed by atoms with van der Waals surface area (Å²) in [4.78, 5) is 26.7. The molecule has 4 aromatic rings. The zero-order valence-corrected chi connectivity index (χ0v) is 19.2. The first-order valence-corrected chi connectivity index (χ1v) is 11.9. The quantitative estimate of drug-likeness (QED) is 0.421. The molecule has 0 amide bonds. The lowest BCUT2D eigenvalue weighted by atomic mass is 9.77. The Morgan fingerprint density at radius 1 is 0.857 bits per heavy atom. The van der Waals surface area contributed by atoms with Crippen molar-refractivity contribution in [2.45, 2.75) is 31.8 Å². The number of aromatic amines is 1. The maximum absolute atomic E-state index is 13.6. The lowest BCUT2D eigenvalue weighted by Crippen LogP contribution is -2.29. The number of Topliss-reactive ketones (excluding diaryl/α,β-unsaturated/α-hetero) is 1. The van der Waals surface area contributed by atoms with Crippen molar-refractivity contribution < 1.29 is 9.53 Å². The van der Waals surface area contributed by atoms with Gasteiger partial charge in [0.1, 0.15) is 18.2 Å². The van der Waals surface area contributed by atoms with Crippen molar-refractivity contribution in [2.75, 3.05) is 5.32 Å². The molecule has 6 heteroatoms. The van der Waals surface area contributed by atoms with E-state index in [1.54, 1.807) is 4.68 Å². The van der Waals surface area contributed by atoms with Crippen LogP contribution in [0, 0.1) is 0 Å². The van der Waals surface area contributed by atoms with Gasteiger partial charge in [0, 0.05) is 23.6 Å². The van der Waals surface area contributed by atoms with Crippen molar-refractivity contribution in [1.29, 1.82) is 0 Å². The minimum absolute atomic E-state index is 0.102. The van der Waals surface area contributed by atoms with E-state index in [4.69, 9.17) is 4.74 Å². The van der Waals surface area contributed by atoms with Crippen LogP contribution in [0.4, 0.5) is 5.82 Å². The predicted molar refractivity (Wildman–Crippen MR) is 135 cm³/mol. The number of nitrogens with one attached hydrogen (secondary N) is 2. The Labute approximate surface area is 202 Å². The summed E-state index contributed by atoms with van der Waals surface area (Å²) in [5, 5.41) is 6.61. The highest BCUT2D eigenvalue weighted by molar-refractivity contribution is 6.00. The van der Waals surface area contributed by atoms with Crippen LogP contribution in [-0.4, -0.2) is 15.6 Å². The minimum Gasteiger partial charge on any atom is -0.489 e. The predicted octanol–water partition coefficient (Wildman–Crippen LogP) is 5.31. The van der Waals surface area contributed by atoms with Crippen LogP contribution in [-0.2, 0) is 11.4 Å². The van der Waals surface area contributed by atoms with E-state index in [0.717, 1.165) is 41.1 Å². The molecule has 2 aliphatic rings. The number of hydrogen-bond acceptors (Lipinski definition) is 4. The smallest absolute Gasteiger partial charge is 0.277 e. The summed E-state index contributed by atoms with van der Waals surface area (Å²) in [6, 6.07) is 27.2. The lowest BCUT2D eigenvalue weighted by molar-refractivity contribution is -0.116. The maximum Gasteiger partial charge on any atom is 0.277 e. The van der Waals surface area contributed by atoms with Crippen LogP contribution in [0.15, 0.2) is 101 Å². The summed E-state index contributed by atoms with van der Waals surface area (Å²) in [5.74, 6) is 1.07. The minimum atomic E-state index is -0.425. The van der Waals surface area contributed by atoms with Gasteiger partial charge in [0.05, 0.1) is 11.3 Å². The second-order valence-corrected chi connectivity index (χ2v) is 8.95. The molecule has 2 N–H and O–H groups in total. The fourth-order valence-corrected chi connectivity index (χ4v) is 5.03. The summed E-state index contributed by atoms with van der Waals surface area (Å²) in [5.41, 5.74) is 4.78. The Bertz CT molecular complexity index is 1470. The van der Waals surface area contributed by atoms with E-state index in [1.165, 1.54) is 0 Å². The van der Waals surface area contributed by atoms with Crippen LogP contribution in [0.25, 0.3) is 5.69 Å². The molecule has 6 nitrogen and oxygen atoms in total. The third-order valence-electron chi connectivity index (χ3n) is 6.71. The van der Waals surface area contributed by atoms with Gasteiger partial charge in [0.2, 0.25) is 0 Å². The van der Waals surface area contributed by atoms with Crippen LogP contribution in [0.1, 0.15) is 41.9 Å². The first-order chi connectivity index (χ1) is 17.2. The number of aromatic nitrogens is 2. The number of anilines is 1. The standard InChI is InChI=1S/C29H25N3O3/c33-24-13-7-12-23-26(24)25(20-14-16-22(17-15-20)35-18-19-8-3-1-4-9-19)27-28(30-23)31-32(29(27)34)21-10-5-2-6-11-21/h1-6,8-11,14-17,25,30-31H,7,12-13,18H2/t25-/m0/s1. The van der Waals surface area contributed by atoms with Crippen LogP contribution < -0.4 is 15.6 Å². The van der Waals surface area contributed by atoms with Crippen LogP contribution in [0.5, 0.6) is 5.75 Å². The molecule has 2 heterocycles. The fourth-order valence-electron chi connectivity index (χ4n) is 5.03. The second kappa shape index (κ2) is 8.80. The van der Waals surface area contributed by atoms with Gasteiger partial charge in [-0.05, 0) is 48.2 Å². The van der Waals surface area contributed by atoms with Crippen molar-refractivity contribution in [3.05, 3.63) is 123 Å². The molecule has 3 aromatic carbocycles. The molecule has 35 heavy (non-hydrogen) atoms. The average molecular weight is 464 g/mol. The number of rotatable bonds is 5. The molecule has 174 valence electrons. The highest BCUT2D eigenvalue weighted by Crippen LogP contribution is 2.43. The number of carbonyl (C=O) groups is 1. The van der Waals surface area contributed by atoms with Gasteiger partial charge in [-0.3, -0.25) is 14.7 Å². The van der Waals surface area contributed by atoms with E-state index in [9.17, 15) is 9.59 Å². The van der Waals surface area contributed by atoms with Gasteiger partial charge in [0.15, 0.2) is 5.78 Å². The van der Waals surface area contributed by atoms with E-state index in [0.29, 0.717) is 30.0 Å². The Morgan fingerprint density at radius 3 is 2.31 bits per heavy atom. The van der Waals surface area contributed by atoms with E-state index in [-0.39, 0.29) is 11.3 Å². The monoisotopic (exact) mass is 463 g/mol. The molecular weight excluding hydrogens is 438 g/mol. The number of para-hydroxylation sites is 1. The van der Waals surface area contributed by atoms with Crippen LogP contribution in [0.3, 0.4) is 0 Å². The van der Waals surface area contributed by atoms with Crippen molar-refractivity contribution in [1.82, 2.24) is 9.78 Å². The molecular formula is C29H25N3O3. The second-order valence-electron chi connectivity index (χ2n) is 8.95. The number of H-pyrrole nitrogens is 1. The van der Waals surface area contributed by atoms with Gasteiger partial charge in [-0.1, -0.05) is 60.7 Å². The first kappa shape index (κ1) is 21.2. The lowest BCUT2D eigenvalue weighted by Gasteiger charge is -2.31. The molecule has 0 saturated heterocycles. The third kappa shape index (κ3) is 3.87. The molecule has 0 spiro atoms. The number of allylic oxidation sites excluding steroid dienone is 2. The average Bonchev–Trinajstić information content (AvgIpc) is 3.24. The van der Waals surface area contributed by atoms with E-state index >= 15 is 0 Å².